The lowest BCUT2D eigenvalue weighted by molar-refractivity contribution is 0.386. The monoisotopic (exact) mass is 457 g/mol. The molecule has 1 fully saturated rings. The predicted molar refractivity (Wildman–Crippen MR) is 126 cm³/mol. The van der Waals surface area contributed by atoms with Crippen molar-refractivity contribution < 1.29 is 13.5 Å². The molecule has 5 rings (SSSR count). The van der Waals surface area contributed by atoms with Crippen LogP contribution in [-0.2, 0) is 0 Å². The SMILES string of the molecule is COc1ccc(-c2ccc3nc(N4CC[C@@H](N)C4)nc(-c4ccc(C#N)c(F)c4)c3c2)cc1F. The number of ether oxygens (including phenoxy) is 1. The number of nitrogens with two attached hydrogens (primary N) is 1. The van der Waals surface area contributed by atoms with Crippen molar-refractivity contribution in [3.63, 3.8) is 0 Å². The number of halogens is 2. The zero-order valence-electron chi connectivity index (χ0n) is 18.4. The Labute approximate surface area is 195 Å². The highest BCUT2D eigenvalue weighted by Gasteiger charge is 2.23. The van der Waals surface area contributed by atoms with Gasteiger partial charge in [0.05, 0.1) is 23.9 Å². The number of hydrogen-bond acceptors (Lipinski definition) is 6. The Morgan fingerprint density at radius 3 is 2.41 bits per heavy atom. The van der Waals surface area contributed by atoms with Crippen molar-refractivity contribution in [1.29, 1.82) is 5.26 Å². The van der Waals surface area contributed by atoms with E-state index in [0.29, 0.717) is 40.2 Å². The van der Waals surface area contributed by atoms with Crippen LogP contribution in [0.3, 0.4) is 0 Å². The molecule has 1 aliphatic rings. The predicted octanol–water partition coefficient (Wildman–Crippen LogP) is 4.66. The van der Waals surface area contributed by atoms with E-state index >= 15 is 0 Å². The Balaban J connectivity index is 1.70. The van der Waals surface area contributed by atoms with Crippen molar-refractivity contribution in [3.8, 4) is 34.2 Å². The van der Waals surface area contributed by atoms with Crippen LogP contribution in [0.2, 0.25) is 0 Å². The molecule has 0 amide bonds. The summed E-state index contributed by atoms with van der Waals surface area (Å²) in [6.07, 6.45) is 0.837. The maximum Gasteiger partial charge on any atom is 0.226 e. The van der Waals surface area contributed by atoms with Gasteiger partial charge in [0.25, 0.3) is 0 Å². The first-order valence-corrected chi connectivity index (χ1v) is 10.8. The molecular weight excluding hydrogens is 436 g/mol. The Morgan fingerprint density at radius 1 is 1.00 bits per heavy atom. The number of benzene rings is 3. The highest BCUT2D eigenvalue weighted by atomic mass is 19.1. The number of nitriles is 1. The van der Waals surface area contributed by atoms with Gasteiger partial charge in [-0.15, -0.1) is 0 Å². The number of nitrogens with zero attached hydrogens (tertiary/aromatic N) is 4. The minimum atomic E-state index is -0.620. The molecule has 0 unspecified atom stereocenters. The van der Waals surface area contributed by atoms with Gasteiger partial charge in [0.1, 0.15) is 11.9 Å². The molecule has 1 aromatic heterocycles. The fourth-order valence-corrected chi connectivity index (χ4v) is 4.23. The van der Waals surface area contributed by atoms with Crippen LogP contribution in [0.15, 0.2) is 54.6 Å². The van der Waals surface area contributed by atoms with Gasteiger partial charge in [0.15, 0.2) is 11.6 Å². The molecule has 4 aromatic rings. The molecule has 0 aliphatic carbocycles. The molecule has 3 aromatic carbocycles. The molecule has 0 saturated carbocycles. The molecule has 170 valence electrons. The quantitative estimate of drug-likeness (QED) is 0.480. The summed E-state index contributed by atoms with van der Waals surface area (Å²) in [6, 6.07) is 16.6. The maximum atomic E-state index is 14.5. The molecule has 0 radical (unpaired) electrons. The van der Waals surface area contributed by atoms with Crippen LogP contribution in [0.25, 0.3) is 33.3 Å². The lowest BCUT2D eigenvalue weighted by Gasteiger charge is -2.18. The summed E-state index contributed by atoms with van der Waals surface area (Å²) in [7, 11) is 1.42. The minimum absolute atomic E-state index is 0.0396. The molecular formula is C26H21F2N5O. The van der Waals surface area contributed by atoms with Crippen LogP contribution in [-0.4, -0.2) is 36.2 Å². The molecule has 0 bridgehead atoms. The average Bonchev–Trinajstić information content (AvgIpc) is 3.29. The van der Waals surface area contributed by atoms with Gasteiger partial charge in [-0.05, 0) is 53.9 Å². The molecule has 2 N–H and O–H groups in total. The van der Waals surface area contributed by atoms with Gasteiger partial charge in [-0.2, -0.15) is 5.26 Å². The van der Waals surface area contributed by atoms with Crippen LogP contribution in [0.5, 0.6) is 5.75 Å². The third-order valence-corrected chi connectivity index (χ3v) is 6.04. The summed E-state index contributed by atoms with van der Waals surface area (Å²) in [5.74, 6) is -0.408. The van der Waals surface area contributed by atoms with Crippen molar-refractivity contribution in [2.24, 2.45) is 5.73 Å². The first kappa shape index (κ1) is 21.7. The van der Waals surface area contributed by atoms with E-state index < -0.39 is 11.6 Å². The molecule has 1 atom stereocenters. The van der Waals surface area contributed by atoms with Gasteiger partial charge < -0.3 is 15.4 Å². The zero-order valence-corrected chi connectivity index (χ0v) is 18.4. The molecule has 1 aliphatic heterocycles. The summed E-state index contributed by atoms with van der Waals surface area (Å²) in [4.78, 5) is 11.5. The number of hydrogen-bond donors (Lipinski definition) is 1. The van der Waals surface area contributed by atoms with E-state index in [1.54, 1.807) is 18.2 Å². The number of aromatic nitrogens is 2. The van der Waals surface area contributed by atoms with E-state index in [-0.39, 0.29) is 17.4 Å². The smallest absolute Gasteiger partial charge is 0.226 e. The number of fused-ring (bicyclic) bond motifs is 1. The Hall–Kier alpha value is -4.09. The van der Waals surface area contributed by atoms with Gasteiger partial charge in [0, 0.05) is 30.1 Å². The third kappa shape index (κ3) is 3.91. The standard InChI is InChI=1S/C26H21F2N5O/c1-34-24-7-5-16(11-22(24)28)15-4-6-23-20(10-15)25(17-2-3-18(13-29)21(27)12-17)32-26(31-23)33-9-8-19(30)14-33/h2-7,10-12,19H,8-9,14,30H2,1H3/t19-/m1/s1. The highest BCUT2D eigenvalue weighted by molar-refractivity contribution is 5.96. The Kier molecular flexibility index (Phi) is 5.56. The van der Waals surface area contributed by atoms with Crippen LogP contribution >= 0.6 is 0 Å². The number of rotatable bonds is 4. The number of methoxy groups -OCH3 is 1. The van der Waals surface area contributed by atoms with E-state index in [1.165, 1.54) is 25.3 Å². The van der Waals surface area contributed by atoms with Gasteiger partial charge in [0.2, 0.25) is 5.95 Å². The lowest BCUT2D eigenvalue weighted by Crippen LogP contribution is -2.27. The average molecular weight is 457 g/mol. The lowest BCUT2D eigenvalue weighted by atomic mass is 9.99. The first-order valence-electron chi connectivity index (χ1n) is 10.8. The van der Waals surface area contributed by atoms with Gasteiger partial charge in [-0.1, -0.05) is 18.2 Å². The second-order valence-corrected chi connectivity index (χ2v) is 8.25. The second kappa shape index (κ2) is 8.69. The van der Waals surface area contributed by atoms with E-state index in [2.05, 4.69) is 0 Å². The Morgan fingerprint density at radius 2 is 1.74 bits per heavy atom. The van der Waals surface area contributed by atoms with Crippen LogP contribution in [0, 0.1) is 23.0 Å². The molecule has 8 heteroatoms. The zero-order chi connectivity index (χ0) is 23.8. The summed E-state index contributed by atoms with van der Waals surface area (Å²) >= 11 is 0. The fourth-order valence-electron chi connectivity index (χ4n) is 4.23. The maximum absolute atomic E-state index is 14.5. The molecule has 34 heavy (non-hydrogen) atoms. The topological polar surface area (TPSA) is 88.1 Å². The summed E-state index contributed by atoms with van der Waals surface area (Å²) < 4.78 is 33.9. The van der Waals surface area contributed by atoms with Crippen molar-refractivity contribution in [3.05, 3.63) is 71.8 Å². The molecule has 0 spiro atoms. The molecule has 6 nitrogen and oxygen atoms in total. The molecule has 1 saturated heterocycles. The largest absolute Gasteiger partial charge is 0.494 e. The number of anilines is 1. The van der Waals surface area contributed by atoms with Gasteiger partial charge >= 0.3 is 0 Å². The van der Waals surface area contributed by atoms with E-state index in [9.17, 15) is 8.78 Å². The summed E-state index contributed by atoms with van der Waals surface area (Å²) in [5, 5.41) is 9.80. The van der Waals surface area contributed by atoms with Crippen LogP contribution in [0.4, 0.5) is 14.7 Å². The van der Waals surface area contributed by atoms with Gasteiger partial charge in [-0.3, -0.25) is 0 Å². The van der Waals surface area contributed by atoms with Crippen molar-refractivity contribution in [1.82, 2.24) is 9.97 Å². The first-order chi connectivity index (χ1) is 16.5. The van der Waals surface area contributed by atoms with E-state index in [1.807, 2.05) is 29.2 Å². The summed E-state index contributed by atoms with van der Waals surface area (Å²) in [5.41, 5.74) is 9.17. The summed E-state index contributed by atoms with van der Waals surface area (Å²) in [6.45, 7) is 1.37. The second-order valence-electron chi connectivity index (χ2n) is 8.25. The van der Waals surface area contributed by atoms with Gasteiger partial charge in [-0.25, -0.2) is 18.7 Å². The van der Waals surface area contributed by atoms with Crippen molar-refractivity contribution in [2.75, 3.05) is 25.1 Å². The highest BCUT2D eigenvalue weighted by Crippen LogP contribution is 2.34. The minimum Gasteiger partial charge on any atom is -0.494 e. The van der Waals surface area contributed by atoms with E-state index in [4.69, 9.17) is 25.7 Å². The van der Waals surface area contributed by atoms with Crippen molar-refractivity contribution >= 4 is 16.9 Å². The van der Waals surface area contributed by atoms with Crippen LogP contribution < -0.4 is 15.4 Å². The normalized spacial score (nSPS) is 15.5. The Bertz CT molecular complexity index is 1450. The fraction of sp³-hybridized carbons (Fsp3) is 0.192. The molecule has 2 heterocycles. The van der Waals surface area contributed by atoms with E-state index in [0.717, 1.165) is 18.5 Å². The van der Waals surface area contributed by atoms with Crippen LogP contribution in [0.1, 0.15) is 12.0 Å². The van der Waals surface area contributed by atoms with Crippen molar-refractivity contribution in [2.45, 2.75) is 12.5 Å². The third-order valence-electron chi connectivity index (χ3n) is 6.04.